The van der Waals surface area contributed by atoms with E-state index in [4.69, 9.17) is 26.2 Å². The highest BCUT2D eigenvalue weighted by Gasteiger charge is 2.21. The van der Waals surface area contributed by atoms with Crippen LogP contribution in [-0.4, -0.2) is 24.5 Å². The van der Waals surface area contributed by atoms with Crippen LogP contribution in [0.2, 0.25) is 0 Å². The van der Waals surface area contributed by atoms with Crippen LogP contribution in [0, 0.1) is 0 Å². The Bertz CT molecular complexity index is 3430. The summed E-state index contributed by atoms with van der Waals surface area (Å²) in [6.45, 7) is 0. The number of rotatable bonds is 4. The molecule has 0 saturated carbocycles. The topological polar surface area (TPSA) is 72.5 Å². The van der Waals surface area contributed by atoms with Crippen LogP contribution in [0.25, 0.3) is 105 Å². The predicted octanol–water partition coefficient (Wildman–Crippen LogP) is 11.5. The van der Waals surface area contributed by atoms with E-state index in [1.807, 2.05) is 102 Å². The molecule has 4 heterocycles. The Morgan fingerprint density at radius 3 is 2.04 bits per heavy atom. The van der Waals surface area contributed by atoms with Gasteiger partial charge in [0.2, 0.25) is 0 Å². The molecule has 11 aromatic rings. The summed E-state index contributed by atoms with van der Waals surface area (Å²) < 4.78 is 61.6. The summed E-state index contributed by atoms with van der Waals surface area (Å²) in [7, 11) is 0. The van der Waals surface area contributed by atoms with Gasteiger partial charge in [-0.05, 0) is 36.4 Å². The molecule has 0 aliphatic rings. The van der Waals surface area contributed by atoms with Gasteiger partial charge in [0.25, 0.3) is 0 Å². The van der Waals surface area contributed by atoms with Gasteiger partial charge in [-0.2, -0.15) is 0 Å². The SMILES string of the molecule is [2H]c1cc([2H])c2[nH]c3c(c([2H])c([2H])c4c5cc([2H])cc([2H])c5n(-c5ccc6oc7cccc(-c8nc(-c9ccccc9)nc(-c9ccccc9)n8)c7c6c5)c34)c2c1. The molecule has 6 nitrogen and oxygen atoms in total. The molecule has 238 valence electrons. The molecule has 0 bridgehead atoms. The number of hydrogen-bond donors (Lipinski definition) is 1. The van der Waals surface area contributed by atoms with Gasteiger partial charge >= 0.3 is 0 Å². The minimum Gasteiger partial charge on any atom is -0.456 e. The van der Waals surface area contributed by atoms with Crippen molar-refractivity contribution in [2.75, 3.05) is 0 Å². The van der Waals surface area contributed by atoms with Crippen LogP contribution in [0.1, 0.15) is 8.22 Å². The van der Waals surface area contributed by atoms with Gasteiger partial charge in [0.05, 0.1) is 24.8 Å². The molecule has 11 rings (SSSR count). The van der Waals surface area contributed by atoms with Crippen molar-refractivity contribution < 1.29 is 12.6 Å². The monoisotopic (exact) mass is 659 g/mol. The fourth-order valence-electron chi connectivity index (χ4n) is 7.24. The maximum absolute atomic E-state index is 9.32. The van der Waals surface area contributed by atoms with Crippen LogP contribution in [-0.2, 0) is 0 Å². The van der Waals surface area contributed by atoms with E-state index in [1.54, 1.807) is 12.1 Å². The minimum absolute atomic E-state index is 0.0577. The standard InChI is InChI=1S/C45H27N5O/c1-3-12-27(13-4-1)43-47-44(28-14-5-2-6-15-28)49-45(48-43)34-18-11-21-39-40(34)35-26-29(22-25-38(35)51-39)50-37-20-10-8-17-31(37)33-24-23-32-30-16-7-9-19-36(30)46-41(32)42(33)50/h1-26,46H/i7D,8D,19D,20D,23D,24D. The minimum atomic E-state index is -0.0653. The maximum atomic E-state index is 9.32. The van der Waals surface area contributed by atoms with Gasteiger partial charge in [-0.1, -0.05) is 121 Å². The van der Waals surface area contributed by atoms with Crippen LogP contribution in [0.5, 0.6) is 0 Å². The second-order valence-corrected chi connectivity index (χ2v) is 12.4. The Labute approximate surface area is 299 Å². The molecule has 0 unspecified atom stereocenters. The van der Waals surface area contributed by atoms with E-state index < -0.39 is 0 Å². The number of aromatic nitrogens is 5. The lowest BCUT2D eigenvalue weighted by Crippen LogP contribution is -2.00. The lowest BCUT2D eigenvalue weighted by atomic mass is 10.0. The van der Waals surface area contributed by atoms with E-state index in [1.165, 1.54) is 12.1 Å². The smallest absolute Gasteiger partial charge is 0.164 e. The number of benzene rings is 7. The molecule has 0 fully saturated rings. The predicted molar refractivity (Wildman–Crippen MR) is 207 cm³/mol. The molecule has 0 spiro atoms. The van der Waals surface area contributed by atoms with Crippen molar-refractivity contribution in [2.45, 2.75) is 0 Å². The molecule has 0 saturated heterocycles. The van der Waals surface area contributed by atoms with Gasteiger partial charge in [-0.25, -0.2) is 15.0 Å². The zero-order valence-corrected chi connectivity index (χ0v) is 26.7. The Balaban J connectivity index is 1.23. The van der Waals surface area contributed by atoms with Crippen molar-refractivity contribution in [3.63, 3.8) is 0 Å². The fraction of sp³-hybridized carbons (Fsp3) is 0. The van der Waals surface area contributed by atoms with Crippen LogP contribution >= 0.6 is 0 Å². The maximum Gasteiger partial charge on any atom is 0.164 e. The lowest BCUT2D eigenvalue weighted by Gasteiger charge is -2.10. The summed E-state index contributed by atoms with van der Waals surface area (Å²) in [6.07, 6.45) is 0. The molecular formula is C45H27N5O. The first-order valence-corrected chi connectivity index (χ1v) is 16.5. The molecule has 0 amide bonds. The van der Waals surface area contributed by atoms with E-state index in [-0.39, 0.29) is 36.3 Å². The Morgan fingerprint density at radius 1 is 0.549 bits per heavy atom. The molecule has 6 heteroatoms. The van der Waals surface area contributed by atoms with Crippen molar-refractivity contribution in [1.29, 1.82) is 0 Å². The lowest BCUT2D eigenvalue weighted by molar-refractivity contribution is 0.669. The number of para-hydroxylation sites is 2. The third-order valence-electron chi connectivity index (χ3n) is 9.52. The second-order valence-electron chi connectivity index (χ2n) is 12.4. The van der Waals surface area contributed by atoms with Crippen molar-refractivity contribution >= 4 is 65.6 Å². The van der Waals surface area contributed by atoms with Gasteiger partial charge in [0, 0.05) is 60.2 Å². The normalized spacial score (nSPS) is 13.6. The summed E-state index contributed by atoms with van der Waals surface area (Å²) in [5.74, 6) is 1.53. The number of nitrogens with zero attached hydrogens (tertiary/aromatic N) is 4. The van der Waals surface area contributed by atoms with Crippen LogP contribution < -0.4 is 0 Å². The second kappa shape index (κ2) is 10.7. The highest BCUT2D eigenvalue weighted by atomic mass is 16.3. The van der Waals surface area contributed by atoms with Crippen molar-refractivity contribution in [3.8, 4) is 39.9 Å². The largest absolute Gasteiger partial charge is 0.456 e. The molecule has 0 aliphatic heterocycles. The van der Waals surface area contributed by atoms with Crippen molar-refractivity contribution in [3.05, 3.63) is 158 Å². The van der Waals surface area contributed by atoms with Gasteiger partial charge in [0.15, 0.2) is 17.5 Å². The zero-order valence-electron chi connectivity index (χ0n) is 32.7. The summed E-state index contributed by atoms with van der Waals surface area (Å²) in [5, 5.41) is 3.39. The molecule has 51 heavy (non-hydrogen) atoms. The van der Waals surface area contributed by atoms with Gasteiger partial charge < -0.3 is 14.0 Å². The first-order chi connectivity index (χ1) is 27.7. The summed E-state index contributed by atoms with van der Waals surface area (Å²) in [6, 6.07) is 37.6. The Morgan fingerprint density at radius 2 is 1.25 bits per heavy atom. The summed E-state index contributed by atoms with van der Waals surface area (Å²) >= 11 is 0. The Hall–Kier alpha value is -7.05. The molecule has 0 aliphatic carbocycles. The van der Waals surface area contributed by atoms with E-state index in [2.05, 4.69) is 4.98 Å². The highest BCUT2D eigenvalue weighted by Crippen LogP contribution is 2.41. The van der Waals surface area contributed by atoms with Crippen molar-refractivity contribution in [2.24, 2.45) is 0 Å². The zero-order chi connectivity index (χ0) is 38.7. The molecule has 4 aromatic heterocycles. The number of nitrogens with one attached hydrogen (secondary N) is 1. The number of aromatic amines is 1. The molecular weight excluding hydrogens is 627 g/mol. The average molecular weight is 660 g/mol. The molecule has 7 aromatic carbocycles. The number of furan rings is 1. The number of hydrogen-bond acceptors (Lipinski definition) is 4. The number of H-pyrrole nitrogens is 1. The molecule has 0 radical (unpaired) electrons. The number of fused-ring (bicyclic) bond motifs is 10. The van der Waals surface area contributed by atoms with E-state index in [0.29, 0.717) is 77.9 Å². The van der Waals surface area contributed by atoms with Crippen LogP contribution in [0.15, 0.2) is 162 Å². The average Bonchev–Trinajstić information content (AvgIpc) is 3.90. The fourth-order valence-corrected chi connectivity index (χ4v) is 7.24. The third-order valence-corrected chi connectivity index (χ3v) is 9.52. The summed E-state index contributed by atoms with van der Waals surface area (Å²) in [5.41, 5.74) is 6.30. The van der Waals surface area contributed by atoms with E-state index >= 15 is 0 Å². The van der Waals surface area contributed by atoms with Crippen LogP contribution in [0.4, 0.5) is 0 Å². The van der Waals surface area contributed by atoms with Crippen LogP contribution in [0.3, 0.4) is 0 Å². The van der Waals surface area contributed by atoms with Gasteiger partial charge in [0.1, 0.15) is 11.2 Å². The van der Waals surface area contributed by atoms with Crippen molar-refractivity contribution in [1.82, 2.24) is 24.5 Å². The molecule has 1 N–H and O–H groups in total. The highest BCUT2D eigenvalue weighted by molar-refractivity contribution is 6.23. The first kappa shape index (κ1) is 22.6. The summed E-state index contributed by atoms with van der Waals surface area (Å²) in [4.78, 5) is 18.3. The quantitative estimate of drug-likeness (QED) is 0.204. The van der Waals surface area contributed by atoms with Gasteiger partial charge in [-0.3, -0.25) is 0 Å². The molecule has 0 atom stereocenters. The van der Waals surface area contributed by atoms with E-state index in [9.17, 15) is 1.37 Å². The Kier molecular flexibility index (Phi) is 4.74. The third kappa shape index (κ3) is 4.20. The van der Waals surface area contributed by atoms with E-state index in [0.717, 1.165) is 27.5 Å². The first-order valence-electron chi connectivity index (χ1n) is 19.5. The van der Waals surface area contributed by atoms with Gasteiger partial charge in [-0.15, -0.1) is 0 Å².